The number of aromatic nitrogens is 2. The number of nitro benzene ring substituents is 1. The first-order chi connectivity index (χ1) is 10.6. The van der Waals surface area contributed by atoms with E-state index in [1.807, 2.05) is 6.92 Å². The molecule has 1 saturated heterocycles. The molecule has 22 heavy (non-hydrogen) atoms. The Kier molecular flexibility index (Phi) is 4.12. The van der Waals surface area contributed by atoms with Gasteiger partial charge in [0.05, 0.1) is 18.1 Å². The van der Waals surface area contributed by atoms with Gasteiger partial charge in [-0.2, -0.15) is 0 Å². The van der Waals surface area contributed by atoms with Gasteiger partial charge in [-0.1, -0.05) is 0 Å². The number of nitrogens with zero attached hydrogens (tertiary/aromatic N) is 3. The SMILES string of the molecule is C[C@@H](c1nnc(-c2ccc([N+](=O)[O-])cc2)o1)[NH+]1CCOCC1. The third kappa shape index (κ3) is 2.97. The maximum absolute atomic E-state index is 10.7. The van der Waals surface area contributed by atoms with Gasteiger partial charge in [-0.3, -0.25) is 10.1 Å². The fourth-order valence-corrected chi connectivity index (χ4v) is 2.49. The van der Waals surface area contributed by atoms with Gasteiger partial charge in [0, 0.05) is 17.7 Å². The number of hydrogen-bond acceptors (Lipinski definition) is 6. The van der Waals surface area contributed by atoms with Crippen molar-refractivity contribution in [2.75, 3.05) is 26.3 Å². The molecule has 2 aromatic rings. The molecule has 2 heterocycles. The highest BCUT2D eigenvalue weighted by Crippen LogP contribution is 2.22. The van der Waals surface area contributed by atoms with Crippen molar-refractivity contribution in [1.29, 1.82) is 0 Å². The number of hydrogen-bond donors (Lipinski definition) is 1. The Labute approximate surface area is 126 Å². The maximum Gasteiger partial charge on any atom is 0.274 e. The average molecular weight is 305 g/mol. The van der Waals surface area contributed by atoms with Crippen molar-refractivity contribution in [3.05, 3.63) is 40.3 Å². The first kappa shape index (κ1) is 14.6. The molecule has 0 unspecified atom stereocenters. The van der Waals surface area contributed by atoms with Crippen molar-refractivity contribution in [3.8, 4) is 11.5 Å². The summed E-state index contributed by atoms with van der Waals surface area (Å²) < 4.78 is 11.1. The third-order valence-electron chi connectivity index (χ3n) is 3.88. The number of morpholine rings is 1. The van der Waals surface area contributed by atoms with Crippen molar-refractivity contribution in [3.63, 3.8) is 0 Å². The molecule has 1 aliphatic rings. The Morgan fingerprint density at radius 1 is 1.23 bits per heavy atom. The van der Waals surface area contributed by atoms with Crippen LogP contribution in [-0.2, 0) is 4.74 Å². The molecule has 1 aliphatic heterocycles. The van der Waals surface area contributed by atoms with Gasteiger partial charge in [-0.25, -0.2) is 0 Å². The summed E-state index contributed by atoms with van der Waals surface area (Å²) in [4.78, 5) is 11.6. The summed E-state index contributed by atoms with van der Waals surface area (Å²) in [5.41, 5.74) is 0.711. The topological polar surface area (TPSA) is 95.7 Å². The summed E-state index contributed by atoms with van der Waals surface area (Å²) in [5.74, 6) is 0.953. The second-order valence-corrected chi connectivity index (χ2v) is 5.24. The van der Waals surface area contributed by atoms with Crippen molar-refractivity contribution in [2.24, 2.45) is 0 Å². The van der Waals surface area contributed by atoms with E-state index in [9.17, 15) is 10.1 Å². The van der Waals surface area contributed by atoms with Crippen molar-refractivity contribution in [2.45, 2.75) is 13.0 Å². The van der Waals surface area contributed by atoms with E-state index in [2.05, 4.69) is 10.2 Å². The zero-order valence-corrected chi connectivity index (χ0v) is 12.2. The minimum absolute atomic E-state index is 0.0367. The number of nitrogens with one attached hydrogen (secondary N) is 1. The van der Waals surface area contributed by atoms with Crippen molar-refractivity contribution < 1.29 is 19.0 Å². The molecule has 8 heteroatoms. The highest BCUT2D eigenvalue weighted by molar-refractivity contribution is 5.55. The smallest absolute Gasteiger partial charge is 0.274 e. The molecule has 0 spiro atoms. The molecular formula is C14H17N4O4+. The van der Waals surface area contributed by atoms with Gasteiger partial charge in [0.2, 0.25) is 5.89 Å². The minimum atomic E-state index is -0.438. The molecule has 0 saturated carbocycles. The lowest BCUT2D eigenvalue weighted by Gasteiger charge is -2.27. The molecule has 1 N–H and O–H groups in total. The number of non-ortho nitro benzene ring substituents is 1. The molecule has 1 aromatic heterocycles. The molecule has 0 amide bonds. The summed E-state index contributed by atoms with van der Waals surface area (Å²) in [6, 6.07) is 6.18. The van der Waals surface area contributed by atoms with Gasteiger partial charge in [0.25, 0.3) is 11.6 Å². The molecule has 8 nitrogen and oxygen atoms in total. The maximum atomic E-state index is 10.7. The first-order valence-corrected chi connectivity index (χ1v) is 7.15. The highest BCUT2D eigenvalue weighted by atomic mass is 16.6. The van der Waals surface area contributed by atoms with Crippen LogP contribution in [-0.4, -0.2) is 41.4 Å². The summed E-state index contributed by atoms with van der Waals surface area (Å²) >= 11 is 0. The van der Waals surface area contributed by atoms with Crippen LogP contribution in [0.3, 0.4) is 0 Å². The second kappa shape index (κ2) is 6.20. The molecule has 1 aromatic carbocycles. The zero-order chi connectivity index (χ0) is 15.5. The molecule has 1 fully saturated rings. The summed E-state index contributed by atoms with van der Waals surface area (Å²) in [5, 5.41) is 18.8. The first-order valence-electron chi connectivity index (χ1n) is 7.15. The Bertz CT molecular complexity index is 649. The van der Waals surface area contributed by atoms with Crippen LogP contribution in [0.1, 0.15) is 18.9 Å². The van der Waals surface area contributed by atoms with Gasteiger partial charge in [0.1, 0.15) is 13.1 Å². The van der Waals surface area contributed by atoms with Crippen LogP contribution in [0.15, 0.2) is 28.7 Å². The lowest BCUT2D eigenvalue weighted by atomic mass is 10.2. The zero-order valence-electron chi connectivity index (χ0n) is 12.2. The molecule has 0 bridgehead atoms. The molecule has 3 rings (SSSR count). The van der Waals surface area contributed by atoms with Gasteiger partial charge < -0.3 is 14.1 Å². The monoisotopic (exact) mass is 305 g/mol. The summed E-state index contributed by atoms with van der Waals surface area (Å²) in [6.45, 7) is 5.35. The van der Waals surface area contributed by atoms with Crippen molar-refractivity contribution in [1.82, 2.24) is 10.2 Å². The number of benzene rings is 1. The quantitative estimate of drug-likeness (QED) is 0.657. The lowest BCUT2D eigenvalue weighted by molar-refractivity contribution is -0.938. The van der Waals surface area contributed by atoms with E-state index in [4.69, 9.17) is 9.15 Å². The van der Waals surface area contributed by atoms with E-state index in [0.29, 0.717) is 17.3 Å². The molecule has 116 valence electrons. The summed E-state index contributed by atoms with van der Waals surface area (Å²) in [7, 11) is 0. The minimum Gasteiger partial charge on any atom is -0.415 e. The van der Waals surface area contributed by atoms with E-state index in [1.165, 1.54) is 17.0 Å². The predicted molar refractivity (Wildman–Crippen MR) is 76.3 cm³/mol. The largest absolute Gasteiger partial charge is 0.415 e. The fourth-order valence-electron chi connectivity index (χ4n) is 2.49. The standard InChI is InChI=1S/C14H16N4O4/c1-10(17-6-8-21-9-7-17)13-15-16-14(22-13)11-2-4-12(5-3-11)18(19)20/h2-5,10H,6-9H2,1H3/p+1/t10-/m0/s1. The second-order valence-electron chi connectivity index (χ2n) is 5.24. The number of nitro groups is 1. The van der Waals surface area contributed by atoms with Crippen LogP contribution in [0.4, 0.5) is 5.69 Å². The Morgan fingerprint density at radius 3 is 2.55 bits per heavy atom. The third-order valence-corrected chi connectivity index (χ3v) is 3.88. The van der Waals surface area contributed by atoms with Gasteiger partial charge >= 0.3 is 0 Å². The lowest BCUT2D eigenvalue weighted by Crippen LogP contribution is -3.14. The van der Waals surface area contributed by atoms with E-state index in [-0.39, 0.29) is 11.7 Å². The van der Waals surface area contributed by atoms with Crippen molar-refractivity contribution >= 4 is 5.69 Å². The predicted octanol–water partition coefficient (Wildman–Crippen LogP) is 0.621. The number of ether oxygens (including phenoxy) is 1. The van der Waals surface area contributed by atoms with Crippen LogP contribution in [0.2, 0.25) is 0 Å². The van der Waals surface area contributed by atoms with Crippen LogP contribution in [0.25, 0.3) is 11.5 Å². The van der Waals surface area contributed by atoms with Gasteiger partial charge in [-0.15, -0.1) is 10.2 Å². The molecule has 0 aliphatic carbocycles. The van der Waals surface area contributed by atoms with Gasteiger partial charge in [0.15, 0.2) is 6.04 Å². The van der Waals surface area contributed by atoms with E-state index in [1.54, 1.807) is 12.1 Å². The Hall–Kier alpha value is -2.32. The average Bonchev–Trinajstić information content (AvgIpc) is 3.05. The van der Waals surface area contributed by atoms with Crippen LogP contribution in [0, 0.1) is 10.1 Å². The molecule has 0 radical (unpaired) electrons. The number of quaternary nitrogens is 1. The van der Waals surface area contributed by atoms with Crippen LogP contribution >= 0.6 is 0 Å². The number of rotatable bonds is 4. The van der Waals surface area contributed by atoms with E-state index in [0.717, 1.165) is 26.3 Å². The van der Waals surface area contributed by atoms with E-state index < -0.39 is 4.92 Å². The highest BCUT2D eigenvalue weighted by Gasteiger charge is 2.27. The fraction of sp³-hybridized carbons (Fsp3) is 0.429. The normalized spacial score (nSPS) is 17.3. The molecule has 1 atom stereocenters. The Balaban J connectivity index is 1.76. The Morgan fingerprint density at radius 2 is 1.91 bits per heavy atom. The van der Waals surface area contributed by atoms with Gasteiger partial charge in [-0.05, 0) is 19.1 Å². The molecular weight excluding hydrogens is 288 g/mol. The summed E-state index contributed by atoms with van der Waals surface area (Å²) in [6.07, 6.45) is 0. The van der Waals surface area contributed by atoms with E-state index >= 15 is 0 Å². The van der Waals surface area contributed by atoms with Crippen LogP contribution < -0.4 is 4.90 Å². The van der Waals surface area contributed by atoms with Crippen LogP contribution in [0.5, 0.6) is 0 Å².